The fourth-order valence-corrected chi connectivity index (χ4v) is 3.91. The minimum Gasteiger partial charge on any atom is -0.444 e. The van der Waals surface area contributed by atoms with E-state index in [9.17, 15) is 17.6 Å². The fourth-order valence-electron chi connectivity index (χ4n) is 2.79. The van der Waals surface area contributed by atoms with E-state index >= 15 is 0 Å². The van der Waals surface area contributed by atoms with Gasteiger partial charge in [0.1, 0.15) is 11.4 Å². The molecule has 0 unspecified atom stereocenters. The highest BCUT2D eigenvalue weighted by Gasteiger charge is 2.28. The van der Waals surface area contributed by atoms with Crippen molar-refractivity contribution in [1.82, 2.24) is 10.0 Å². The summed E-state index contributed by atoms with van der Waals surface area (Å²) in [5.74, 6) is -0.346. The summed E-state index contributed by atoms with van der Waals surface area (Å²) in [6.45, 7) is 5.68. The Hall–Kier alpha value is -1.67. The fraction of sp³-hybridized carbons (Fsp3) is 0.588. The summed E-state index contributed by atoms with van der Waals surface area (Å²) < 4.78 is 45.1. The van der Waals surface area contributed by atoms with E-state index in [1.807, 2.05) is 0 Å². The second kappa shape index (κ2) is 7.70. The Morgan fingerprint density at radius 2 is 1.88 bits per heavy atom. The zero-order valence-electron chi connectivity index (χ0n) is 14.7. The first kappa shape index (κ1) is 19.7. The Kier molecular flexibility index (Phi) is 6.05. The summed E-state index contributed by atoms with van der Waals surface area (Å²) in [6.07, 6.45) is 1.82. The molecule has 140 valence electrons. The van der Waals surface area contributed by atoms with Crippen molar-refractivity contribution in [2.24, 2.45) is 5.92 Å². The summed E-state index contributed by atoms with van der Waals surface area (Å²) in [4.78, 5) is 11.8. The van der Waals surface area contributed by atoms with Crippen molar-refractivity contribution in [1.29, 1.82) is 0 Å². The maximum Gasteiger partial charge on any atom is 0.407 e. The van der Waals surface area contributed by atoms with E-state index in [0.29, 0.717) is 6.42 Å². The van der Waals surface area contributed by atoms with E-state index in [2.05, 4.69) is 10.0 Å². The number of ether oxygens (including phenoxy) is 1. The second-order valence-corrected chi connectivity index (χ2v) is 9.10. The standard InChI is InChI=1S/C17H25FN2O4S/c1-17(2,3)24-16(21)20-14-7-4-12(10-14)11-19-25(22,23)15-8-5-13(18)6-9-15/h5-6,8-9,12,14,19H,4,7,10-11H2,1-3H3,(H,20,21)/t12-,14+/m0/s1. The number of carbonyl (C=O) groups excluding carboxylic acids is 1. The van der Waals surface area contributed by atoms with Crippen molar-refractivity contribution < 1.29 is 22.3 Å². The van der Waals surface area contributed by atoms with Gasteiger partial charge in [0.25, 0.3) is 0 Å². The summed E-state index contributed by atoms with van der Waals surface area (Å²) in [5.41, 5.74) is -0.549. The number of hydrogen-bond donors (Lipinski definition) is 2. The van der Waals surface area contributed by atoms with Gasteiger partial charge >= 0.3 is 6.09 Å². The molecular formula is C17H25FN2O4S. The molecule has 1 fully saturated rings. The van der Waals surface area contributed by atoms with Crippen molar-refractivity contribution in [2.45, 2.75) is 56.6 Å². The first-order chi connectivity index (χ1) is 11.5. The number of carbonyl (C=O) groups is 1. The Morgan fingerprint density at radius 1 is 1.24 bits per heavy atom. The topological polar surface area (TPSA) is 84.5 Å². The Labute approximate surface area is 148 Å². The number of nitrogens with one attached hydrogen (secondary N) is 2. The summed E-state index contributed by atoms with van der Waals surface area (Å²) >= 11 is 0. The summed E-state index contributed by atoms with van der Waals surface area (Å²) in [7, 11) is -3.66. The molecule has 0 aromatic heterocycles. The lowest BCUT2D eigenvalue weighted by Gasteiger charge is -2.21. The molecule has 6 nitrogen and oxygen atoms in total. The number of benzene rings is 1. The molecule has 1 saturated carbocycles. The van der Waals surface area contributed by atoms with Crippen molar-refractivity contribution >= 4 is 16.1 Å². The van der Waals surface area contributed by atoms with E-state index in [4.69, 9.17) is 4.74 Å². The largest absolute Gasteiger partial charge is 0.444 e. The first-order valence-corrected chi connectivity index (χ1v) is 9.78. The molecule has 1 aliphatic carbocycles. The van der Waals surface area contributed by atoms with Crippen LogP contribution in [0.1, 0.15) is 40.0 Å². The quantitative estimate of drug-likeness (QED) is 0.832. The van der Waals surface area contributed by atoms with Gasteiger partial charge in [-0.15, -0.1) is 0 Å². The van der Waals surface area contributed by atoms with Gasteiger partial charge in [0, 0.05) is 12.6 Å². The highest BCUT2D eigenvalue weighted by molar-refractivity contribution is 7.89. The molecule has 25 heavy (non-hydrogen) atoms. The predicted octanol–water partition coefficient (Wildman–Crippen LogP) is 2.80. The van der Waals surface area contributed by atoms with Gasteiger partial charge in [-0.1, -0.05) is 0 Å². The van der Waals surface area contributed by atoms with Crippen LogP contribution in [0.3, 0.4) is 0 Å². The summed E-state index contributed by atoms with van der Waals surface area (Å²) in [6, 6.07) is 4.68. The minimum atomic E-state index is -3.66. The zero-order valence-corrected chi connectivity index (χ0v) is 15.5. The number of amides is 1. The molecule has 0 heterocycles. The number of rotatable bonds is 5. The molecule has 0 aliphatic heterocycles. The van der Waals surface area contributed by atoms with Crippen molar-refractivity contribution in [3.05, 3.63) is 30.1 Å². The molecule has 1 aliphatic rings. The van der Waals surface area contributed by atoms with Gasteiger partial charge in [0.05, 0.1) is 4.90 Å². The number of hydrogen-bond acceptors (Lipinski definition) is 4. The van der Waals surface area contributed by atoms with Gasteiger partial charge < -0.3 is 10.1 Å². The average molecular weight is 372 g/mol. The normalized spacial score (nSPS) is 21.1. The monoisotopic (exact) mass is 372 g/mol. The molecule has 2 N–H and O–H groups in total. The van der Waals surface area contributed by atoms with E-state index in [1.54, 1.807) is 20.8 Å². The van der Waals surface area contributed by atoms with E-state index in [-0.39, 0.29) is 23.4 Å². The van der Waals surface area contributed by atoms with Crippen molar-refractivity contribution in [3.63, 3.8) is 0 Å². The highest BCUT2D eigenvalue weighted by atomic mass is 32.2. The molecule has 2 rings (SSSR count). The van der Waals surface area contributed by atoms with Gasteiger partial charge in [-0.25, -0.2) is 22.3 Å². The lowest BCUT2D eigenvalue weighted by atomic mass is 10.1. The van der Waals surface area contributed by atoms with Gasteiger partial charge in [0.15, 0.2) is 0 Å². The molecule has 0 bridgehead atoms. The third-order valence-corrected chi connectivity index (χ3v) is 5.39. The van der Waals surface area contributed by atoms with Crippen LogP contribution in [0.4, 0.5) is 9.18 Å². The van der Waals surface area contributed by atoms with Crippen LogP contribution >= 0.6 is 0 Å². The van der Waals surface area contributed by atoms with Crippen LogP contribution in [0.15, 0.2) is 29.2 Å². The molecule has 2 atom stereocenters. The van der Waals surface area contributed by atoms with Crippen LogP contribution < -0.4 is 10.0 Å². The summed E-state index contributed by atoms with van der Waals surface area (Å²) in [5, 5.41) is 2.82. The lowest BCUT2D eigenvalue weighted by Crippen LogP contribution is -2.38. The average Bonchev–Trinajstić information content (AvgIpc) is 2.91. The highest BCUT2D eigenvalue weighted by Crippen LogP contribution is 2.26. The third-order valence-electron chi connectivity index (χ3n) is 3.95. The van der Waals surface area contributed by atoms with Crippen LogP contribution in [0.2, 0.25) is 0 Å². The SMILES string of the molecule is CC(C)(C)OC(=O)N[C@@H]1CC[C@H](CNS(=O)(=O)c2ccc(F)cc2)C1. The van der Waals surface area contributed by atoms with Gasteiger partial charge in [-0.2, -0.15) is 0 Å². The predicted molar refractivity (Wildman–Crippen MR) is 92.1 cm³/mol. The van der Waals surface area contributed by atoms with Crippen LogP contribution in [0.5, 0.6) is 0 Å². The number of sulfonamides is 1. The molecule has 1 aromatic carbocycles. The van der Waals surface area contributed by atoms with Crippen molar-refractivity contribution in [3.8, 4) is 0 Å². The van der Waals surface area contributed by atoms with E-state index in [1.165, 1.54) is 12.1 Å². The second-order valence-electron chi connectivity index (χ2n) is 7.33. The van der Waals surface area contributed by atoms with E-state index in [0.717, 1.165) is 25.0 Å². The van der Waals surface area contributed by atoms with Crippen LogP contribution in [-0.4, -0.2) is 32.7 Å². The Balaban J connectivity index is 1.81. The third kappa shape index (κ3) is 6.28. The smallest absolute Gasteiger partial charge is 0.407 e. The molecular weight excluding hydrogens is 347 g/mol. The van der Waals surface area contributed by atoms with Gasteiger partial charge in [0.2, 0.25) is 10.0 Å². The molecule has 0 radical (unpaired) electrons. The molecule has 8 heteroatoms. The maximum absolute atomic E-state index is 12.9. The molecule has 1 amide bonds. The number of alkyl carbamates (subject to hydrolysis) is 1. The van der Waals surface area contributed by atoms with Crippen LogP contribution in [0, 0.1) is 11.7 Å². The minimum absolute atomic E-state index is 0.0184. The first-order valence-electron chi connectivity index (χ1n) is 8.30. The van der Waals surface area contributed by atoms with Crippen molar-refractivity contribution in [2.75, 3.05) is 6.54 Å². The Bertz CT molecular complexity index is 698. The van der Waals surface area contributed by atoms with Crippen LogP contribution in [-0.2, 0) is 14.8 Å². The van der Waals surface area contributed by atoms with Gasteiger partial charge in [-0.3, -0.25) is 0 Å². The zero-order chi connectivity index (χ0) is 18.7. The lowest BCUT2D eigenvalue weighted by molar-refractivity contribution is 0.0504. The van der Waals surface area contributed by atoms with Gasteiger partial charge in [-0.05, 0) is 70.2 Å². The molecule has 0 spiro atoms. The number of halogens is 1. The Morgan fingerprint density at radius 3 is 2.48 bits per heavy atom. The maximum atomic E-state index is 12.9. The van der Waals surface area contributed by atoms with Crippen LogP contribution in [0.25, 0.3) is 0 Å². The van der Waals surface area contributed by atoms with E-state index < -0.39 is 27.5 Å². The molecule has 0 saturated heterocycles. The molecule has 1 aromatic rings.